The van der Waals surface area contributed by atoms with Gasteiger partial charge < -0.3 is 19.7 Å². The van der Waals surface area contributed by atoms with Crippen LogP contribution in [0.25, 0.3) is 0 Å². The number of amides is 2. The number of rotatable bonds is 12. The maximum Gasteiger partial charge on any atom is 0.261 e. The summed E-state index contributed by atoms with van der Waals surface area (Å²) in [5, 5.41) is 3.03. The van der Waals surface area contributed by atoms with Gasteiger partial charge in [-0.3, -0.25) is 9.59 Å². The van der Waals surface area contributed by atoms with Crippen LogP contribution in [0, 0.1) is 12.8 Å². The fourth-order valence-electron chi connectivity index (χ4n) is 3.94. The Morgan fingerprint density at radius 3 is 2.22 bits per heavy atom. The zero-order valence-corrected chi connectivity index (χ0v) is 21.6. The van der Waals surface area contributed by atoms with Gasteiger partial charge in [0.1, 0.15) is 6.04 Å². The minimum atomic E-state index is -0.694. The van der Waals surface area contributed by atoms with Gasteiger partial charge in [0.15, 0.2) is 18.1 Å². The molecule has 3 rings (SSSR count). The van der Waals surface area contributed by atoms with Crippen LogP contribution < -0.4 is 14.8 Å². The molecule has 190 valence electrons. The summed E-state index contributed by atoms with van der Waals surface area (Å²) in [6, 6.07) is 24.3. The molecule has 0 heterocycles. The van der Waals surface area contributed by atoms with Gasteiger partial charge in [0.05, 0.1) is 7.11 Å². The second-order valence-electron chi connectivity index (χ2n) is 9.29. The number of nitrogens with one attached hydrogen (secondary N) is 1. The molecule has 6 nitrogen and oxygen atoms in total. The lowest BCUT2D eigenvalue weighted by Gasteiger charge is -2.32. The second-order valence-corrected chi connectivity index (χ2v) is 9.29. The van der Waals surface area contributed by atoms with Crippen LogP contribution in [0.1, 0.15) is 30.5 Å². The molecular formula is C30H36N2O4. The molecule has 0 unspecified atom stereocenters. The van der Waals surface area contributed by atoms with E-state index >= 15 is 0 Å². The van der Waals surface area contributed by atoms with Crippen molar-refractivity contribution in [2.24, 2.45) is 5.92 Å². The van der Waals surface area contributed by atoms with Gasteiger partial charge in [-0.15, -0.1) is 0 Å². The molecule has 1 atom stereocenters. The molecule has 0 radical (unpaired) electrons. The molecule has 0 fully saturated rings. The van der Waals surface area contributed by atoms with Gasteiger partial charge in [-0.1, -0.05) is 86.1 Å². The lowest BCUT2D eigenvalue weighted by atomic mass is 10.0. The van der Waals surface area contributed by atoms with E-state index in [1.165, 1.54) is 0 Å². The smallest absolute Gasteiger partial charge is 0.261 e. The Labute approximate surface area is 214 Å². The zero-order valence-electron chi connectivity index (χ0n) is 21.6. The molecule has 3 aromatic carbocycles. The van der Waals surface area contributed by atoms with Gasteiger partial charge >= 0.3 is 0 Å². The molecule has 0 saturated heterocycles. The van der Waals surface area contributed by atoms with Crippen molar-refractivity contribution in [1.29, 1.82) is 0 Å². The largest absolute Gasteiger partial charge is 0.493 e. The summed E-state index contributed by atoms with van der Waals surface area (Å²) in [7, 11) is 1.56. The topological polar surface area (TPSA) is 67.9 Å². The van der Waals surface area contributed by atoms with E-state index in [1.807, 2.05) is 87.5 Å². The van der Waals surface area contributed by atoms with Crippen LogP contribution in [0.4, 0.5) is 0 Å². The molecule has 0 spiro atoms. The first-order chi connectivity index (χ1) is 17.4. The highest BCUT2D eigenvalue weighted by Gasteiger charge is 2.31. The fourth-order valence-corrected chi connectivity index (χ4v) is 3.94. The molecular weight excluding hydrogens is 452 g/mol. The maximum absolute atomic E-state index is 13.7. The predicted octanol–water partition coefficient (Wildman–Crippen LogP) is 4.79. The number of aryl methyl sites for hydroxylation is 1. The molecule has 1 N–H and O–H groups in total. The van der Waals surface area contributed by atoms with Crippen molar-refractivity contribution in [3.63, 3.8) is 0 Å². The van der Waals surface area contributed by atoms with E-state index in [4.69, 9.17) is 9.47 Å². The highest BCUT2D eigenvalue weighted by Crippen LogP contribution is 2.26. The Morgan fingerprint density at radius 1 is 0.889 bits per heavy atom. The summed E-state index contributed by atoms with van der Waals surface area (Å²) >= 11 is 0. The highest BCUT2D eigenvalue weighted by atomic mass is 16.5. The predicted molar refractivity (Wildman–Crippen MR) is 142 cm³/mol. The molecule has 0 aromatic heterocycles. The number of para-hydroxylation sites is 2. The number of ether oxygens (including phenoxy) is 2. The zero-order chi connectivity index (χ0) is 25.9. The first-order valence-corrected chi connectivity index (χ1v) is 12.3. The molecule has 0 aliphatic carbocycles. The maximum atomic E-state index is 13.7. The Balaban J connectivity index is 1.91. The van der Waals surface area contributed by atoms with Crippen molar-refractivity contribution >= 4 is 11.8 Å². The van der Waals surface area contributed by atoms with Crippen molar-refractivity contribution in [2.75, 3.05) is 20.3 Å². The molecule has 0 aliphatic heterocycles. The van der Waals surface area contributed by atoms with E-state index in [1.54, 1.807) is 24.1 Å². The summed E-state index contributed by atoms with van der Waals surface area (Å²) in [5.74, 6) is 0.869. The fraction of sp³-hybridized carbons (Fsp3) is 0.333. The first kappa shape index (κ1) is 26.8. The van der Waals surface area contributed by atoms with E-state index in [0.29, 0.717) is 36.9 Å². The van der Waals surface area contributed by atoms with Crippen LogP contribution in [0.3, 0.4) is 0 Å². The number of methoxy groups -OCH3 is 1. The lowest BCUT2D eigenvalue weighted by molar-refractivity contribution is -0.142. The second kappa shape index (κ2) is 13.3. The van der Waals surface area contributed by atoms with Crippen molar-refractivity contribution < 1.29 is 19.1 Å². The number of carbonyl (C=O) groups excluding carboxylic acids is 2. The molecule has 2 amide bonds. The third-order valence-corrected chi connectivity index (χ3v) is 5.81. The SMILES string of the molecule is COc1ccccc1OCC(=O)N(Cc1cccc(C)c1)[C@@H](Cc1ccccc1)C(=O)NCC(C)C. The third-order valence-electron chi connectivity index (χ3n) is 5.81. The number of hydrogen-bond acceptors (Lipinski definition) is 4. The van der Waals surface area contributed by atoms with Crippen molar-refractivity contribution in [2.45, 2.75) is 39.8 Å². The molecule has 0 saturated carbocycles. The molecule has 6 heteroatoms. The first-order valence-electron chi connectivity index (χ1n) is 12.3. The molecule has 3 aromatic rings. The normalized spacial score (nSPS) is 11.6. The summed E-state index contributed by atoms with van der Waals surface area (Å²) < 4.78 is 11.2. The summed E-state index contributed by atoms with van der Waals surface area (Å²) in [4.78, 5) is 28.8. The average Bonchev–Trinajstić information content (AvgIpc) is 2.88. The van der Waals surface area contributed by atoms with Crippen LogP contribution in [-0.4, -0.2) is 43.0 Å². The Morgan fingerprint density at radius 2 is 1.56 bits per heavy atom. The van der Waals surface area contributed by atoms with Gasteiger partial charge in [0.2, 0.25) is 5.91 Å². The number of nitrogens with zero attached hydrogens (tertiary/aromatic N) is 1. The van der Waals surface area contributed by atoms with Gasteiger partial charge in [-0.05, 0) is 36.1 Å². The van der Waals surface area contributed by atoms with Crippen LogP contribution in [0.5, 0.6) is 11.5 Å². The molecule has 36 heavy (non-hydrogen) atoms. The van der Waals surface area contributed by atoms with Gasteiger partial charge in [0.25, 0.3) is 5.91 Å². The van der Waals surface area contributed by atoms with Gasteiger partial charge in [-0.25, -0.2) is 0 Å². The Kier molecular flexibility index (Phi) is 9.92. The number of carbonyl (C=O) groups is 2. The minimum absolute atomic E-state index is 0.175. The van der Waals surface area contributed by atoms with E-state index < -0.39 is 6.04 Å². The van der Waals surface area contributed by atoms with Crippen LogP contribution in [-0.2, 0) is 22.6 Å². The van der Waals surface area contributed by atoms with Crippen molar-refractivity contribution in [1.82, 2.24) is 10.2 Å². The van der Waals surface area contributed by atoms with Crippen LogP contribution in [0.15, 0.2) is 78.9 Å². The van der Waals surface area contributed by atoms with Gasteiger partial charge in [-0.2, -0.15) is 0 Å². The lowest BCUT2D eigenvalue weighted by Crippen LogP contribution is -2.52. The van der Waals surface area contributed by atoms with Crippen molar-refractivity contribution in [3.05, 3.63) is 95.6 Å². The quantitative estimate of drug-likeness (QED) is 0.398. The molecule has 0 aliphatic rings. The van der Waals surface area contributed by atoms with E-state index in [9.17, 15) is 9.59 Å². The summed E-state index contributed by atoms with van der Waals surface area (Å²) in [6.07, 6.45) is 0.400. The Hall–Kier alpha value is -3.80. The van der Waals surface area contributed by atoms with Crippen LogP contribution >= 0.6 is 0 Å². The van der Waals surface area contributed by atoms with E-state index in [-0.39, 0.29) is 18.4 Å². The van der Waals surface area contributed by atoms with E-state index in [0.717, 1.165) is 16.7 Å². The Bertz CT molecular complexity index is 1130. The number of hydrogen-bond donors (Lipinski definition) is 1. The third kappa shape index (κ3) is 7.87. The summed E-state index contributed by atoms with van der Waals surface area (Å²) in [5.41, 5.74) is 3.03. The summed E-state index contributed by atoms with van der Waals surface area (Å²) in [6.45, 7) is 6.72. The van der Waals surface area contributed by atoms with Gasteiger partial charge in [0, 0.05) is 19.5 Å². The minimum Gasteiger partial charge on any atom is -0.493 e. The average molecular weight is 489 g/mol. The standard InChI is InChI=1S/C30H36N2O4/c1-22(2)19-31-30(34)26(18-24-12-6-5-7-13-24)32(20-25-14-10-11-23(3)17-25)29(33)21-36-28-16-9-8-15-27(28)35-4/h5-17,22,26H,18-21H2,1-4H3,(H,31,34)/t26-/m0/s1. The monoisotopic (exact) mass is 488 g/mol. The molecule has 0 bridgehead atoms. The number of benzene rings is 3. The highest BCUT2D eigenvalue weighted by molar-refractivity contribution is 5.88. The van der Waals surface area contributed by atoms with Crippen molar-refractivity contribution in [3.8, 4) is 11.5 Å². The van der Waals surface area contributed by atoms with E-state index in [2.05, 4.69) is 5.32 Å². The van der Waals surface area contributed by atoms with Crippen LogP contribution in [0.2, 0.25) is 0 Å².